The molecule has 11 heteroatoms. The number of carbonyl (C=O) groups is 2. The molecular weight excluding hydrogens is 501 g/mol. The van der Waals surface area contributed by atoms with Crippen LogP contribution in [0.4, 0.5) is 0 Å². The number of nitrogens with zero attached hydrogens (tertiary/aromatic N) is 2. The highest BCUT2D eigenvalue weighted by molar-refractivity contribution is 7.89. The molecule has 180 valence electrons. The minimum absolute atomic E-state index is 0. The van der Waals surface area contributed by atoms with Crippen molar-refractivity contribution in [2.45, 2.75) is 24.2 Å². The van der Waals surface area contributed by atoms with E-state index < -0.39 is 28.4 Å². The van der Waals surface area contributed by atoms with E-state index in [0.717, 1.165) is 11.3 Å². The lowest BCUT2D eigenvalue weighted by molar-refractivity contribution is -0.131. The second kappa shape index (κ2) is 10.6. The number of H-pyrrole nitrogens is 1. The number of aromatic nitrogens is 2. The molecule has 1 saturated heterocycles. The number of amides is 1. The largest absolute Gasteiger partial charge is 0.496 e. The topological polar surface area (TPSA) is 109 Å². The number of aromatic amines is 1. The van der Waals surface area contributed by atoms with Gasteiger partial charge in [-0.25, -0.2) is 12.7 Å². The van der Waals surface area contributed by atoms with Gasteiger partial charge in [0, 0.05) is 23.6 Å². The zero-order valence-electron chi connectivity index (χ0n) is 18.2. The molecule has 0 aliphatic carbocycles. The number of hydrogen-bond donors (Lipinski definition) is 1. The second-order valence-electron chi connectivity index (χ2n) is 7.78. The number of hydrogen-bond acceptors (Lipinski definition) is 6. The average molecular weight is 524 g/mol. The summed E-state index contributed by atoms with van der Waals surface area (Å²) >= 11 is 6.11. The molecule has 1 amide bonds. The van der Waals surface area contributed by atoms with E-state index in [-0.39, 0.29) is 42.3 Å². The van der Waals surface area contributed by atoms with Crippen molar-refractivity contribution in [3.63, 3.8) is 0 Å². The van der Waals surface area contributed by atoms with Crippen molar-refractivity contribution in [1.29, 1.82) is 0 Å². The highest BCUT2D eigenvalue weighted by atomic mass is 35.5. The summed E-state index contributed by atoms with van der Waals surface area (Å²) in [6.45, 7) is -0.480. The number of Topliss-reactive ketones (excluding diaryl/α,β-unsaturated/α-hetero) is 1. The lowest BCUT2D eigenvalue weighted by atomic mass is 9.93. The number of sulfonamides is 1. The molecule has 0 radical (unpaired) electrons. The Hall–Kier alpha value is -2.88. The molecule has 2 aromatic carbocycles. The van der Waals surface area contributed by atoms with Crippen LogP contribution in [0.3, 0.4) is 0 Å². The summed E-state index contributed by atoms with van der Waals surface area (Å²) in [5, 5.41) is 7.17. The molecule has 2 heterocycles. The lowest BCUT2D eigenvalue weighted by Crippen LogP contribution is -2.42. The predicted molar refractivity (Wildman–Crippen MR) is 130 cm³/mol. The Kier molecular flexibility index (Phi) is 8.01. The fourth-order valence-corrected chi connectivity index (χ4v) is 5.52. The van der Waals surface area contributed by atoms with E-state index in [0.29, 0.717) is 20.6 Å². The minimum Gasteiger partial charge on any atom is -0.496 e. The minimum atomic E-state index is -4.22. The quantitative estimate of drug-likeness (QED) is 0.524. The molecule has 1 atom stereocenters. The highest BCUT2D eigenvalue weighted by Crippen LogP contribution is 2.31. The summed E-state index contributed by atoms with van der Waals surface area (Å²) in [5.74, 6) is -1.07. The van der Waals surface area contributed by atoms with Crippen molar-refractivity contribution in [2.24, 2.45) is 5.92 Å². The Morgan fingerprint density at radius 3 is 2.53 bits per heavy atom. The average Bonchev–Trinajstić information content (AvgIpc) is 3.30. The zero-order chi connectivity index (χ0) is 23.6. The smallest absolute Gasteiger partial charge is 0.266 e. The maximum Gasteiger partial charge on any atom is 0.266 e. The SMILES string of the molecule is COc1ccc(Cl)cc1CC1CCC(=O)CN(S(=O)(=O)c2ccc(-c3ccn[nH]3)cc2)C1=O.Cl. The third-order valence-electron chi connectivity index (χ3n) is 5.65. The number of halogens is 2. The Morgan fingerprint density at radius 2 is 1.88 bits per heavy atom. The van der Waals surface area contributed by atoms with Crippen LogP contribution < -0.4 is 4.74 Å². The van der Waals surface area contributed by atoms with Crippen LogP contribution in [0.15, 0.2) is 59.6 Å². The summed E-state index contributed by atoms with van der Waals surface area (Å²) in [5.41, 5.74) is 2.16. The van der Waals surface area contributed by atoms with E-state index >= 15 is 0 Å². The fraction of sp³-hybridized carbons (Fsp3) is 0.261. The number of benzene rings is 2. The fourth-order valence-electron chi connectivity index (χ4n) is 3.89. The maximum absolute atomic E-state index is 13.4. The number of ether oxygens (including phenoxy) is 1. The molecule has 1 aliphatic heterocycles. The van der Waals surface area contributed by atoms with Gasteiger partial charge in [-0.15, -0.1) is 12.4 Å². The summed E-state index contributed by atoms with van der Waals surface area (Å²) < 4.78 is 32.8. The van der Waals surface area contributed by atoms with Crippen molar-refractivity contribution in [1.82, 2.24) is 14.5 Å². The van der Waals surface area contributed by atoms with Crippen LogP contribution in [0.2, 0.25) is 5.02 Å². The summed E-state index contributed by atoms with van der Waals surface area (Å²) in [6, 6.07) is 12.9. The number of ketones is 1. The van der Waals surface area contributed by atoms with Gasteiger partial charge in [0.2, 0.25) is 5.91 Å². The highest BCUT2D eigenvalue weighted by Gasteiger charge is 2.38. The van der Waals surface area contributed by atoms with E-state index in [1.807, 2.05) is 0 Å². The van der Waals surface area contributed by atoms with Crippen molar-refractivity contribution in [2.75, 3.05) is 13.7 Å². The van der Waals surface area contributed by atoms with Gasteiger partial charge >= 0.3 is 0 Å². The van der Waals surface area contributed by atoms with E-state index in [1.165, 1.54) is 19.2 Å². The van der Waals surface area contributed by atoms with E-state index in [2.05, 4.69) is 10.2 Å². The van der Waals surface area contributed by atoms with Crippen molar-refractivity contribution < 1.29 is 22.7 Å². The van der Waals surface area contributed by atoms with Gasteiger partial charge in [0.25, 0.3) is 10.0 Å². The van der Waals surface area contributed by atoms with Gasteiger partial charge in [0.15, 0.2) is 5.78 Å². The number of rotatable bonds is 6. The van der Waals surface area contributed by atoms with Gasteiger partial charge in [-0.05, 0) is 60.4 Å². The molecule has 3 aromatic rings. The van der Waals surface area contributed by atoms with Gasteiger partial charge in [-0.2, -0.15) is 5.10 Å². The van der Waals surface area contributed by atoms with Crippen LogP contribution >= 0.6 is 24.0 Å². The first kappa shape index (κ1) is 25.7. The Balaban J connectivity index is 0.00000324. The van der Waals surface area contributed by atoms with Gasteiger partial charge in [-0.1, -0.05) is 23.7 Å². The third-order valence-corrected chi connectivity index (χ3v) is 7.64. The van der Waals surface area contributed by atoms with Crippen LogP contribution in [-0.4, -0.2) is 48.3 Å². The second-order valence-corrected chi connectivity index (χ2v) is 10.1. The first-order chi connectivity index (χ1) is 15.8. The number of nitrogens with one attached hydrogen (secondary N) is 1. The van der Waals surface area contributed by atoms with Crippen molar-refractivity contribution in [3.05, 3.63) is 65.3 Å². The molecule has 0 spiro atoms. The molecule has 34 heavy (non-hydrogen) atoms. The van der Waals surface area contributed by atoms with E-state index in [4.69, 9.17) is 16.3 Å². The molecular formula is C23H23Cl2N3O5S. The van der Waals surface area contributed by atoms with Crippen LogP contribution in [-0.2, 0) is 26.0 Å². The Labute approximate surface area is 208 Å². The standard InChI is InChI=1S/C23H22ClN3O5S.ClH/c1-32-22-9-5-18(24)13-17(22)12-16-2-6-19(28)14-27(23(16)29)33(30,31)20-7-3-15(4-8-20)21-10-11-25-26-21;/h3-5,7-11,13,16H,2,6,12,14H2,1H3,(H,25,26);1H. The molecule has 4 rings (SSSR count). The molecule has 0 saturated carbocycles. The monoisotopic (exact) mass is 523 g/mol. The predicted octanol–water partition coefficient (Wildman–Crippen LogP) is 3.90. The van der Waals surface area contributed by atoms with Gasteiger partial charge in [-0.3, -0.25) is 14.7 Å². The molecule has 8 nitrogen and oxygen atoms in total. The lowest BCUT2D eigenvalue weighted by Gasteiger charge is -2.24. The maximum atomic E-state index is 13.4. The van der Waals surface area contributed by atoms with Gasteiger partial charge in [0.05, 0.1) is 24.2 Å². The number of carbonyl (C=O) groups excluding carboxylic acids is 2. The molecule has 1 aromatic heterocycles. The van der Waals surface area contributed by atoms with Crippen molar-refractivity contribution in [3.8, 4) is 17.0 Å². The van der Waals surface area contributed by atoms with Crippen LogP contribution in [0, 0.1) is 5.92 Å². The first-order valence-electron chi connectivity index (χ1n) is 10.3. The van der Waals surface area contributed by atoms with Crippen LogP contribution in [0.1, 0.15) is 18.4 Å². The summed E-state index contributed by atoms with van der Waals surface area (Å²) in [6.07, 6.45) is 2.17. The molecule has 1 aliphatic rings. The summed E-state index contributed by atoms with van der Waals surface area (Å²) in [7, 11) is -2.71. The molecule has 1 fully saturated rings. The Morgan fingerprint density at radius 1 is 1.15 bits per heavy atom. The summed E-state index contributed by atoms with van der Waals surface area (Å²) in [4.78, 5) is 25.7. The third kappa shape index (κ3) is 5.27. The van der Waals surface area contributed by atoms with Crippen LogP contribution in [0.5, 0.6) is 5.75 Å². The van der Waals surface area contributed by atoms with E-state index in [9.17, 15) is 18.0 Å². The molecule has 1 unspecified atom stereocenters. The zero-order valence-corrected chi connectivity index (χ0v) is 20.6. The van der Waals surface area contributed by atoms with Gasteiger partial charge < -0.3 is 4.74 Å². The van der Waals surface area contributed by atoms with E-state index in [1.54, 1.807) is 42.6 Å². The molecule has 0 bridgehead atoms. The first-order valence-corrected chi connectivity index (χ1v) is 12.1. The van der Waals surface area contributed by atoms with Crippen molar-refractivity contribution >= 4 is 45.7 Å². The van der Waals surface area contributed by atoms with Crippen LogP contribution in [0.25, 0.3) is 11.3 Å². The van der Waals surface area contributed by atoms with Gasteiger partial charge in [0.1, 0.15) is 5.75 Å². The normalized spacial score (nSPS) is 16.6. The molecule has 1 N–H and O–H groups in total. The Bertz CT molecular complexity index is 1280. The number of methoxy groups -OCH3 is 1.